The van der Waals surface area contributed by atoms with Crippen molar-refractivity contribution in [3.8, 4) is 0 Å². The average Bonchev–Trinajstić information content (AvgIpc) is 2.54. The standard InChI is InChI=1S/C19H39NO3/c1-3-5-12-18-23-19(22)13-10-8-6-7-9-11-15-20(14-4-2)16-17-21/h21H,3-18H2,1-2H3. The third-order valence-electron chi connectivity index (χ3n) is 4.07. The van der Waals surface area contributed by atoms with Crippen LogP contribution in [-0.2, 0) is 9.53 Å². The van der Waals surface area contributed by atoms with E-state index in [4.69, 9.17) is 9.84 Å². The highest BCUT2D eigenvalue weighted by molar-refractivity contribution is 5.69. The molecule has 0 aromatic carbocycles. The minimum absolute atomic E-state index is 0.0275. The number of unbranched alkanes of at least 4 members (excludes halogenated alkanes) is 7. The average molecular weight is 330 g/mol. The SMILES string of the molecule is CCCCCOC(=O)CCCCCCCCN(CCC)CCO. The van der Waals surface area contributed by atoms with Crippen molar-refractivity contribution >= 4 is 5.97 Å². The van der Waals surface area contributed by atoms with E-state index in [-0.39, 0.29) is 12.6 Å². The Morgan fingerprint density at radius 2 is 1.52 bits per heavy atom. The summed E-state index contributed by atoms with van der Waals surface area (Å²) < 4.78 is 5.20. The second-order valence-corrected chi connectivity index (χ2v) is 6.36. The van der Waals surface area contributed by atoms with E-state index >= 15 is 0 Å². The fourth-order valence-electron chi connectivity index (χ4n) is 2.72. The molecule has 0 fully saturated rings. The Balaban J connectivity index is 3.33. The van der Waals surface area contributed by atoms with Crippen molar-refractivity contribution in [2.75, 3.05) is 32.8 Å². The summed E-state index contributed by atoms with van der Waals surface area (Å²) in [5.74, 6) is -0.0275. The van der Waals surface area contributed by atoms with E-state index in [0.29, 0.717) is 13.0 Å². The zero-order valence-electron chi connectivity index (χ0n) is 15.5. The fourth-order valence-corrected chi connectivity index (χ4v) is 2.72. The maximum atomic E-state index is 11.5. The van der Waals surface area contributed by atoms with Crippen LogP contribution < -0.4 is 0 Å². The van der Waals surface area contributed by atoms with Gasteiger partial charge >= 0.3 is 5.97 Å². The Kier molecular flexibility index (Phi) is 17.3. The van der Waals surface area contributed by atoms with E-state index in [1.54, 1.807) is 0 Å². The zero-order valence-corrected chi connectivity index (χ0v) is 15.5. The molecule has 0 rings (SSSR count). The molecule has 0 aromatic heterocycles. The van der Waals surface area contributed by atoms with Gasteiger partial charge in [0.2, 0.25) is 0 Å². The van der Waals surface area contributed by atoms with Gasteiger partial charge in [-0.25, -0.2) is 0 Å². The van der Waals surface area contributed by atoms with E-state index in [1.165, 1.54) is 25.7 Å². The Labute approximate surface area is 143 Å². The minimum Gasteiger partial charge on any atom is -0.466 e. The van der Waals surface area contributed by atoms with Crippen LogP contribution in [0.2, 0.25) is 0 Å². The summed E-state index contributed by atoms with van der Waals surface area (Å²) in [4.78, 5) is 13.8. The molecule has 0 saturated carbocycles. The van der Waals surface area contributed by atoms with Gasteiger partial charge in [-0.15, -0.1) is 0 Å². The van der Waals surface area contributed by atoms with Crippen molar-refractivity contribution in [1.29, 1.82) is 0 Å². The van der Waals surface area contributed by atoms with Gasteiger partial charge in [0.15, 0.2) is 0 Å². The third kappa shape index (κ3) is 16.0. The van der Waals surface area contributed by atoms with Gasteiger partial charge in [-0.1, -0.05) is 52.4 Å². The van der Waals surface area contributed by atoms with Gasteiger partial charge in [0.1, 0.15) is 0 Å². The predicted molar refractivity (Wildman–Crippen MR) is 96.6 cm³/mol. The van der Waals surface area contributed by atoms with Gasteiger partial charge in [0, 0.05) is 13.0 Å². The van der Waals surface area contributed by atoms with Crippen LogP contribution in [-0.4, -0.2) is 48.8 Å². The number of nitrogens with zero attached hydrogens (tertiary/aromatic N) is 1. The van der Waals surface area contributed by atoms with Crippen molar-refractivity contribution in [3.63, 3.8) is 0 Å². The molecule has 0 aliphatic rings. The lowest BCUT2D eigenvalue weighted by Gasteiger charge is -2.20. The van der Waals surface area contributed by atoms with Crippen molar-refractivity contribution < 1.29 is 14.6 Å². The quantitative estimate of drug-likeness (QED) is 0.322. The maximum absolute atomic E-state index is 11.5. The smallest absolute Gasteiger partial charge is 0.305 e. The Morgan fingerprint density at radius 1 is 0.826 bits per heavy atom. The number of carbonyl (C=O) groups is 1. The molecular weight excluding hydrogens is 290 g/mol. The number of aliphatic hydroxyl groups excluding tert-OH is 1. The van der Waals surface area contributed by atoms with E-state index < -0.39 is 0 Å². The normalized spacial score (nSPS) is 11.1. The molecule has 4 heteroatoms. The summed E-state index contributed by atoms with van der Waals surface area (Å²) in [5, 5.41) is 9.01. The zero-order chi connectivity index (χ0) is 17.2. The van der Waals surface area contributed by atoms with Crippen molar-refractivity contribution in [1.82, 2.24) is 4.90 Å². The van der Waals surface area contributed by atoms with Crippen molar-refractivity contribution in [2.45, 2.75) is 84.5 Å². The summed E-state index contributed by atoms with van der Waals surface area (Å²) in [5.41, 5.74) is 0. The van der Waals surface area contributed by atoms with E-state index in [2.05, 4.69) is 18.7 Å². The molecule has 0 unspecified atom stereocenters. The molecule has 0 aromatic rings. The number of esters is 1. The molecule has 1 N–H and O–H groups in total. The lowest BCUT2D eigenvalue weighted by atomic mass is 10.1. The largest absolute Gasteiger partial charge is 0.466 e. The number of hydrogen-bond acceptors (Lipinski definition) is 4. The topological polar surface area (TPSA) is 49.8 Å². The second-order valence-electron chi connectivity index (χ2n) is 6.36. The first-order chi connectivity index (χ1) is 11.2. The van der Waals surface area contributed by atoms with Crippen molar-refractivity contribution in [3.05, 3.63) is 0 Å². The molecule has 138 valence electrons. The number of carbonyl (C=O) groups excluding carboxylic acids is 1. The minimum atomic E-state index is -0.0275. The number of rotatable bonds is 17. The Hall–Kier alpha value is -0.610. The monoisotopic (exact) mass is 329 g/mol. The summed E-state index contributed by atoms with van der Waals surface area (Å²) in [6.07, 6.45) is 12.0. The first-order valence-electron chi connectivity index (χ1n) is 9.73. The number of aliphatic hydroxyl groups is 1. The van der Waals surface area contributed by atoms with E-state index in [9.17, 15) is 4.79 Å². The highest BCUT2D eigenvalue weighted by Crippen LogP contribution is 2.09. The van der Waals surface area contributed by atoms with Crippen LogP contribution in [0.15, 0.2) is 0 Å². The third-order valence-corrected chi connectivity index (χ3v) is 4.07. The maximum Gasteiger partial charge on any atom is 0.305 e. The summed E-state index contributed by atoms with van der Waals surface area (Å²) >= 11 is 0. The molecule has 23 heavy (non-hydrogen) atoms. The van der Waals surface area contributed by atoms with Crippen LogP contribution in [0.5, 0.6) is 0 Å². The van der Waals surface area contributed by atoms with Crippen LogP contribution >= 0.6 is 0 Å². The van der Waals surface area contributed by atoms with Crippen LogP contribution in [0.4, 0.5) is 0 Å². The van der Waals surface area contributed by atoms with Gasteiger partial charge in [-0.3, -0.25) is 4.79 Å². The summed E-state index contributed by atoms with van der Waals surface area (Å²) in [7, 11) is 0. The van der Waals surface area contributed by atoms with E-state index in [0.717, 1.165) is 58.2 Å². The predicted octanol–water partition coefficient (Wildman–Crippen LogP) is 4.15. The molecule has 0 spiro atoms. The Morgan fingerprint density at radius 3 is 2.17 bits per heavy atom. The van der Waals surface area contributed by atoms with Gasteiger partial charge in [0.25, 0.3) is 0 Å². The number of hydrogen-bond donors (Lipinski definition) is 1. The molecule has 0 radical (unpaired) electrons. The van der Waals surface area contributed by atoms with Gasteiger partial charge in [0.05, 0.1) is 13.2 Å². The highest BCUT2D eigenvalue weighted by atomic mass is 16.5. The lowest BCUT2D eigenvalue weighted by Crippen LogP contribution is -2.28. The first kappa shape index (κ1) is 22.4. The highest BCUT2D eigenvalue weighted by Gasteiger charge is 2.03. The number of ether oxygens (including phenoxy) is 1. The van der Waals surface area contributed by atoms with Gasteiger partial charge < -0.3 is 14.7 Å². The molecule has 0 saturated heterocycles. The molecule has 0 amide bonds. The van der Waals surface area contributed by atoms with Crippen LogP contribution in [0, 0.1) is 0 Å². The molecule has 0 aliphatic carbocycles. The molecule has 0 aliphatic heterocycles. The van der Waals surface area contributed by atoms with Gasteiger partial charge in [-0.05, 0) is 38.8 Å². The van der Waals surface area contributed by atoms with Crippen LogP contribution in [0.3, 0.4) is 0 Å². The fraction of sp³-hybridized carbons (Fsp3) is 0.947. The summed E-state index contributed by atoms with van der Waals surface area (Å²) in [6, 6.07) is 0. The molecule has 4 nitrogen and oxygen atoms in total. The van der Waals surface area contributed by atoms with E-state index in [1.807, 2.05) is 0 Å². The van der Waals surface area contributed by atoms with Gasteiger partial charge in [-0.2, -0.15) is 0 Å². The molecule has 0 atom stereocenters. The van der Waals surface area contributed by atoms with Crippen LogP contribution in [0.25, 0.3) is 0 Å². The molecule has 0 heterocycles. The molecular formula is C19H39NO3. The first-order valence-corrected chi connectivity index (χ1v) is 9.73. The second kappa shape index (κ2) is 17.7. The van der Waals surface area contributed by atoms with Crippen LogP contribution in [0.1, 0.15) is 84.5 Å². The summed E-state index contributed by atoms with van der Waals surface area (Å²) in [6.45, 7) is 8.16. The Bertz CT molecular complexity index is 253. The lowest BCUT2D eigenvalue weighted by molar-refractivity contribution is -0.143. The molecule has 0 bridgehead atoms. The van der Waals surface area contributed by atoms with Crippen molar-refractivity contribution in [2.24, 2.45) is 0 Å².